The molecule has 0 radical (unpaired) electrons. The summed E-state index contributed by atoms with van der Waals surface area (Å²) in [4.78, 5) is 17.6. The van der Waals surface area contributed by atoms with Crippen molar-refractivity contribution in [3.05, 3.63) is 63.5 Å². The first kappa shape index (κ1) is 17.2. The summed E-state index contributed by atoms with van der Waals surface area (Å²) < 4.78 is 6.70. The fraction of sp³-hybridized carbons (Fsp3) is 0.368. The second kappa shape index (κ2) is 7.57. The highest BCUT2D eigenvalue weighted by molar-refractivity contribution is 7.13. The Labute approximate surface area is 156 Å². The van der Waals surface area contributed by atoms with E-state index < -0.39 is 5.76 Å². The molecule has 3 aromatic rings. The first-order valence-corrected chi connectivity index (χ1v) is 9.67. The van der Waals surface area contributed by atoms with Crippen LogP contribution in [0.25, 0.3) is 10.8 Å². The first-order chi connectivity index (χ1) is 12.7. The molecule has 26 heavy (non-hydrogen) atoms. The van der Waals surface area contributed by atoms with Crippen LogP contribution < -0.4 is 5.76 Å². The minimum Gasteiger partial charge on any atom is -0.387 e. The van der Waals surface area contributed by atoms with Crippen molar-refractivity contribution in [1.82, 2.24) is 19.6 Å². The van der Waals surface area contributed by atoms with Crippen LogP contribution in [0.5, 0.6) is 0 Å². The average Bonchev–Trinajstić information content (AvgIpc) is 3.27. The monoisotopic (exact) mass is 370 g/mol. The molecule has 0 bridgehead atoms. The van der Waals surface area contributed by atoms with Crippen molar-refractivity contribution in [3.8, 4) is 10.8 Å². The van der Waals surface area contributed by atoms with Crippen LogP contribution in [0, 0.1) is 6.92 Å². The summed E-state index contributed by atoms with van der Waals surface area (Å²) >= 11 is 1.52. The van der Waals surface area contributed by atoms with Crippen LogP contribution in [0.2, 0.25) is 0 Å². The van der Waals surface area contributed by atoms with Crippen molar-refractivity contribution in [2.24, 2.45) is 0 Å². The molecule has 1 saturated heterocycles. The Morgan fingerprint density at radius 1 is 1.12 bits per heavy atom. The maximum atomic E-state index is 12.0. The maximum absolute atomic E-state index is 12.0. The minimum atomic E-state index is -0.393. The molecule has 1 aromatic carbocycles. The van der Waals surface area contributed by atoms with Crippen molar-refractivity contribution in [2.75, 3.05) is 26.2 Å². The van der Waals surface area contributed by atoms with Gasteiger partial charge in [-0.3, -0.25) is 9.80 Å². The molecule has 0 saturated carbocycles. The molecule has 136 valence electrons. The molecule has 0 N–H and O–H groups in total. The molecule has 2 aromatic heterocycles. The van der Waals surface area contributed by atoms with E-state index in [0.717, 1.165) is 37.6 Å². The fourth-order valence-corrected chi connectivity index (χ4v) is 3.89. The van der Waals surface area contributed by atoms with Gasteiger partial charge in [0.2, 0.25) is 0 Å². The number of rotatable bonds is 5. The van der Waals surface area contributed by atoms with Crippen molar-refractivity contribution >= 4 is 11.3 Å². The molecule has 7 heteroatoms. The van der Waals surface area contributed by atoms with Crippen molar-refractivity contribution in [1.29, 1.82) is 0 Å². The normalized spacial score (nSPS) is 16.2. The van der Waals surface area contributed by atoms with Gasteiger partial charge in [-0.15, -0.1) is 16.4 Å². The van der Waals surface area contributed by atoms with E-state index in [0.29, 0.717) is 12.6 Å². The van der Waals surface area contributed by atoms with Crippen LogP contribution in [0.1, 0.15) is 11.1 Å². The van der Waals surface area contributed by atoms with Crippen LogP contribution in [0.15, 0.2) is 51.0 Å². The van der Waals surface area contributed by atoms with Crippen LogP contribution >= 0.6 is 11.3 Å². The molecule has 6 nitrogen and oxygen atoms in total. The topological polar surface area (TPSA) is 54.5 Å². The molecule has 0 atom stereocenters. The number of hydrogen-bond donors (Lipinski definition) is 0. The van der Waals surface area contributed by atoms with Crippen LogP contribution in [-0.4, -0.2) is 45.8 Å². The van der Waals surface area contributed by atoms with Gasteiger partial charge in [0, 0.05) is 32.7 Å². The summed E-state index contributed by atoms with van der Waals surface area (Å²) in [7, 11) is 0. The third kappa shape index (κ3) is 3.95. The molecular weight excluding hydrogens is 348 g/mol. The largest absolute Gasteiger partial charge is 0.438 e. The highest BCUT2D eigenvalue weighted by Crippen LogP contribution is 2.21. The lowest BCUT2D eigenvalue weighted by atomic mass is 10.1. The van der Waals surface area contributed by atoms with Gasteiger partial charge < -0.3 is 4.42 Å². The smallest absolute Gasteiger partial charge is 0.387 e. The Bertz CT molecular complexity index is 908. The summed E-state index contributed by atoms with van der Waals surface area (Å²) in [5, 5.41) is 6.28. The standard InChI is InChI=1S/C19H22N4O2S/c1-15-4-2-5-16(12-15)13-21-7-9-22(10-8-21)14-23-19(24)25-18(20-23)17-6-3-11-26-17/h2-6,11-12H,7-10,13-14H2,1H3. The number of piperazine rings is 1. The predicted octanol–water partition coefficient (Wildman–Crippen LogP) is 2.65. The van der Waals surface area contributed by atoms with E-state index >= 15 is 0 Å². The lowest BCUT2D eigenvalue weighted by molar-refractivity contribution is 0.0964. The molecule has 1 fully saturated rings. The number of benzene rings is 1. The van der Waals surface area contributed by atoms with E-state index in [9.17, 15) is 4.79 Å². The summed E-state index contributed by atoms with van der Waals surface area (Å²) in [5.74, 6) is 0.0127. The van der Waals surface area contributed by atoms with Gasteiger partial charge in [-0.1, -0.05) is 35.9 Å². The van der Waals surface area contributed by atoms with E-state index in [1.54, 1.807) is 0 Å². The van der Waals surface area contributed by atoms with E-state index in [2.05, 4.69) is 46.1 Å². The molecule has 0 unspecified atom stereocenters. The zero-order valence-electron chi connectivity index (χ0n) is 14.8. The van der Waals surface area contributed by atoms with Crippen molar-refractivity contribution < 1.29 is 4.42 Å². The Morgan fingerprint density at radius 3 is 2.65 bits per heavy atom. The third-order valence-electron chi connectivity index (χ3n) is 4.63. The predicted molar refractivity (Wildman–Crippen MR) is 102 cm³/mol. The third-order valence-corrected chi connectivity index (χ3v) is 5.48. The van der Waals surface area contributed by atoms with Crippen LogP contribution in [0.4, 0.5) is 0 Å². The second-order valence-corrected chi connectivity index (χ2v) is 7.62. The molecule has 1 aliphatic rings. The number of hydrogen-bond acceptors (Lipinski definition) is 6. The Kier molecular flexibility index (Phi) is 5.01. The van der Waals surface area contributed by atoms with Gasteiger partial charge in [0.1, 0.15) is 6.67 Å². The Hall–Kier alpha value is -2.22. The van der Waals surface area contributed by atoms with Gasteiger partial charge in [-0.05, 0) is 23.9 Å². The lowest BCUT2D eigenvalue weighted by Gasteiger charge is -2.34. The highest BCUT2D eigenvalue weighted by atomic mass is 32.1. The SMILES string of the molecule is Cc1cccc(CN2CCN(Cn3nc(-c4cccs4)oc3=O)CC2)c1. The summed E-state index contributed by atoms with van der Waals surface area (Å²) in [5.41, 5.74) is 2.65. The molecule has 4 rings (SSSR count). The summed E-state index contributed by atoms with van der Waals surface area (Å²) in [6, 6.07) is 12.5. The van der Waals surface area contributed by atoms with E-state index in [1.807, 2.05) is 17.5 Å². The lowest BCUT2D eigenvalue weighted by Crippen LogP contribution is -2.47. The molecular formula is C19H22N4O2S. The molecule has 1 aliphatic heterocycles. The fourth-order valence-electron chi connectivity index (χ4n) is 3.24. The van der Waals surface area contributed by atoms with Gasteiger partial charge in [0.05, 0.1) is 4.88 Å². The van der Waals surface area contributed by atoms with Gasteiger partial charge in [0.25, 0.3) is 5.89 Å². The Morgan fingerprint density at radius 2 is 1.92 bits per heavy atom. The summed E-state index contributed by atoms with van der Waals surface area (Å²) in [6.45, 7) is 7.38. The van der Waals surface area contributed by atoms with Gasteiger partial charge in [-0.25, -0.2) is 4.79 Å². The zero-order valence-corrected chi connectivity index (χ0v) is 15.6. The quantitative estimate of drug-likeness (QED) is 0.691. The number of thiophene rings is 1. The van der Waals surface area contributed by atoms with Crippen LogP contribution in [0.3, 0.4) is 0 Å². The van der Waals surface area contributed by atoms with Gasteiger partial charge in [0.15, 0.2) is 0 Å². The molecule has 0 amide bonds. The zero-order chi connectivity index (χ0) is 17.9. The molecule has 0 spiro atoms. The van der Waals surface area contributed by atoms with Crippen molar-refractivity contribution in [3.63, 3.8) is 0 Å². The molecule has 3 heterocycles. The Balaban J connectivity index is 1.33. The van der Waals surface area contributed by atoms with Crippen molar-refractivity contribution in [2.45, 2.75) is 20.1 Å². The number of nitrogens with zero attached hydrogens (tertiary/aromatic N) is 4. The minimum absolute atomic E-state index is 0.393. The van der Waals surface area contributed by atoms with Gasteiger partial charge >= 0.3 is 5.76 Å². The van der Waals surface area contributed by atoms with Crippen LogP contribution in [-0.2, 0) is 13.2 Å². The van der Waals surface area contributed by atoms with Gasteiger partial charge in [-0.2, -0.15) is 4.68 Å². The summed E-state index contributed by atoms with van der Waals surface area (Å²) in [6.07, 6.45) is 0. The van der Waals surface area contributed by atoms with E-state index in [-0.39, 0.29) is 0 Å². The number of aryl methyl sites for hydroxylation is 1. The average molecular weight is 370 g/mol. The van der Waals surface area contributed by atoms with E-state index in [4.69, 9.17) is 4.42 Å². The first-order valence-electron chi connectivity index (χ1n) is 8.79. The number of aromatic nitrogens is 2. The highest BCUT2D eigenvalue weighted by Gasteiger charge is 2.19. The second-order valence-electron chi connectivity index (χ2n) is 6.67. The molecule has 0 aliphatic carbocycles. The maximum Gasteiger partial charge on any atom is 0.438 e. The van der Waals surface area contributed by atoms with E-state index in [1.165, 1.54) is 27.1 Å².